The molecule has 0 aliphatic heterocycles. The number of furan rings is 1. The highest BCUT2D eigenvalue weighted by Gasteiger charge is 2.28. The lowest BCUT2D eigenvalue weighted by atomic mass is 10.1. The lowest BCUT2D eigenvalue weighted by molar-refractivity contribution is -0.113. The fourth-order valence-electron chi connectivity index (χ4n) is 2.91. The molecule has 2 N–H and O–H groups in total. The largest absolute Gasteiger partial charge is 0.462 e. The molecule has 2 aromatic heterocycles. The van der Waals surface area contributed by atoms with E-state index in [0.717, 1.165) is 11.3 Å². The first-order valence-corrected chi connectivity index (χ1v) is 11.5. The highest BCUT2D eigenvalue weighted by atomic mass is 32.2. The molecule has 0 radical (unpaired) electrons. The fourth-order valence-corrected chi connectivity index (χ4v) is 4.48. The van der Waals surface area contributed by atoms with Gasteiger partial charge in [0.2, 0.25) is 16.9 Å². The van der Waals surface area contributed by atoms with Crippen LogP contribution in [-0.4, -0.2) is 40.2 Å². The Bertz CT molecular complexity index is 1160. The molecular weight excluding hydrogens is 452 g/mol. The number of nitrogens with zero attached hydrogens (tertiary/aromatic N) is 2. The number of benzene rings is 1. The number of anilines is 3. The van der Waals surface area contributed by atoms with Gasteiger partial charge in [-0.3, -0.25) is 14.9 Å². The van der Waals surface area contributed by atoms with Crippen LogP contribution in [0, 0.1) is 13.8 Å². The van der Waals surface area contributed by atoms with Crippen LogP contribution >= 0.6 is 23.1 Å². The number of esters is 1. The molecular formula is C21H22N4O5S2. The Hall–Kier alpha value is -3.18. The normalized spacial score (nSPS) is 10.6. The van der Waals surface area contributed by atoms with Crippen LogP contribution in [0.3, 0.4) is 0 Å². The number of ether oxygens (including phenoxy) is 1. The maximum Gasteiger partial charge on any atom is 0.344 e. The first kappa shape index (κ1) is 23.5. The summed E-state index contributed by atoms with van der Waals surface area (Å²) in [6.07, 6.45) is 0. The van der Waals surface area contributed by atoms with Crippen molar-refractivity contribution < 1.29 is 23.5 Å². The molecule has 0 spiro atoms. The maximum atomic E-state index is 12.5. The van der Waals surface area contributed by atoms with Gasteiger partial charge in [-0.15, -0.1) is 10.2 Å². The fraction of sp³-hybridized carbons (Fsp3) is 0.286. The number of aryl methyl sites for hydroxylation is 2. The molecule has 9 nitrogen and oxygen atoms in total. The van der Waals surface area contributed by atoms with E-state index in [1.54, 1.807) is 13.8 Å². The summed E-state index contributed by atoms with van der Waals surface area (Å²) in [5.74, 6) is -1.36. The molecule has 0 saturated carbocycles. The first-order chi connectivity index (χ1) is 15.3. The zero-order valence-corrected chi connectivity index (χ0v) is 19.6. The lowest BCUT2D eigenvalue weighted by Crippen LogP contribution is -2.17. The minimum atomic E-state index is -0.728. The van der Waals surface area contributed by atoms with E-state index in [-0.39, 0.29) is 40.9 Å². The summed E-state index contributed by atoms with van der Waals surface area (Å²) in [6, 6.07) is 7.86. The van der Waals surface area contributed by atoms with Gasteiger partial charge in [0.25, 0.3) is 0 Å². The summed E-state index contributed by atoms with van der Waals surface area (Å²) < 4.78 is 11.1. The molecule has 0 fully saturated rings. The van der Waals surface area contributed by atoms with Gasteiger partial charge in [0, 0.05) is 5.69 Å². The molecule has 0 atom stereocenters. The summed E-state index contributed by atoms with van der Waals surface area (Å²) in [5, 5.41) is 14.5. The SMILES string of the molecule is CCOC(=O)c1c(NC(=O)CSc2nnc(Nc3cccc(C)c3)s2)oc(C)c1C(C)=O. The van der Waals surface area contributed by atoms with Crippen molar-refractivity contribution in [2.45, 2.75) is 32.0 Å². The zero-order valence-electron chi connectivity index (χ0n) is 18.0. The number of carbonyl (C=O) groups is 3. The van der Waals surface area contributed by atoms with Crippen molar-refractivity contribution in [3.8, 4) is 0 Å². The summed E-state index contributed by atoms with van der Waals surface area (Å²) in [4.78, 5) is 36.7. The topological polar surface area (TPSA) is 123 Å². The van der Waals surface area contributed by atoms with Gasteiger partial charge in [-0.2, -0.15) is 0 Å². The Morgan fingerprint density at radius 2 is 1.97 bits per heavy atom. The van der Waals surface area contributed by atoms with Gasteiger partial charge in [0.1, 0.15) is 11.3 Å². The number of ketones is 1. The summed E-state index contributed by atoms with van der Waals surface area (Å²) in [7, 11) is 0. The predicted molar refractivity (Wildman–Crippen MR) is 123 cm³/mol. The summed E-state index contributed by atoms with van der Waals surface area (Å²) in [6.45, 7) is 6.64. The number of hydrogen-bond acceptors (Lipinski definition) is 10. The molecule has 32 heavy (non-hydrogen) atoms. The number of aromatic nitrogens is 2. The van der Waals surface area contributed by atoms with E-state index in [0.29, 0.717) is 9.47 Å². The monoisotopic (exact) mass is 474 g/mol. The number of Topliss-reactive ketones (excluding diaryl/α,β-unsaturated/α-hetero) is 1. The van der Waals surface area contributed by atoms with E-state index in [9.17, 15) is 14.4 Å². The minimum absolute atomic E-state index is 0.0104. The number of rotatable bonds is 9. The Morgan fingerprint density at radius 1 is 1.19 bits per heavy atom. The standard InChI is InChI=1S/C21H22N4O5S2/c1-5-29-19(28)17-16(12(3)26)13(4)30-18(17)23-15(27)10-31-21-25-24-20(32-21)22-14-8-6-7-11(2)9-14/h6-9H,5,10H2,1-4H3,(H,22,24)(H,23,27). The predicted octanol–water partition coefficient (Wildman–Crippen LogP) is 4.60. The highest BCUT2D eigenvalue weighted by molar-refractivity contribution is 8.01. The average Bonchev–Trinajstić information content (AvgIpc) is 3.30. The van der Waals surface area contributed by atoms with Gasteiger partial charge in [-0.25, -0.2) is 4.79 Å². The van der Waals surface area contributed by atoms with Gasteiger partial charge in [0.05, 0.1) is 17.9 Å². The molecule has 1 amide bonds. The van der Waals surface area contributed by atoms with Gasteiger partial charge in [-0.1, -0.05) is 35.2 Å². The van der Waals surface area contributed by atoms with Gasteiger partial charge in [-0.05, 0) is 45.4 Å². The molecule has 2 heterocycles. The van der Waals surface area contributed by atoms with Crippen molar-refractivity contribution in [1.29, 1.82) is 0 Å². The molecule has 168 valence electrons. The van der Waals surface area contributed by atoms with Crippen molar-refractivity contribution >= 4 is 57.5 Å². The molecule has 0 saturated heterocycles. The van der Waals surface area contributed by atoms with Crippen molar-refractivity contribution in [3.63, 3.8) is 0 Å². The first-order valence-electron chi connectivity index (χ1n) is 9.69. The third-order valence-electron chi connectivity index (χ3n) is 4.17. The van der Waals surface area contributed by atoms with Crippen LogP contribution in [0.25, 0.3) is 0 Å². The van der Waals surface area contributed by atoms with E-state index in [4.69, 9.17) is 9.15 Å². The highest BCUT2D eigenvalue weighted by Crippen LogP contribution is 2.30. The van der Waals surface area contributed by atoms with Gasteiger partial charge < -0.3 is 14.5 Å². The molecule has 3 rings (SSSR count). The number of carbonyl (C=O) groups excluding carboxylic acids is 3. The Morgan fingerprint density at radius 3 is 2.66 bits per heavy atom. The average molecular weight is 475 g/mol. The quantitative estimate of drug-likeness (QED) is 0.260. The third kappa shape index (κ3) is 5.74. The second-order valence-electron chi connectivity index (χ2n) is 6.72. The summed E-state index contributed by atoms with van der Waals surface area (Å²) >= 11 is 2.51. The van der Waals surface area contributed by atoms with Crippen LogP contribution in [0.15, 0.2) is 33.0 Å². The van der Waals surface area contributed by atoms with Crippen LogP contribution in [0.2, 0.25) is 0 Å². The zero-order chi connectivity index (χ0) is 23.3. The minimum Gasteiger partial charge on any atom is -0.462 e. The second-order valence-corrected chi connectivity index (χ2v) is 8.92. The van der Waals surface area contributed by atoms with E-state index in [1.807, 2.05) is 31.2 Å². The smallest absolute Gasteiger partial charge is 0.344 e. The summed E-state index contributed by atoms with van der Waals surface area (Å²) in [5.41, 5.74) is 2.05. The van der Waals surface area contributed by atoms with E-state index >= 15 is 0 Å². The van der Waals surface area contributed by atoms with Crippen molar-refractivity contribution in [2.24, 2.45) is 0 Å². The number of nitrogens with one attached hydrogen (secondary N) is 2. The molecule has 0 bridgehead atoms. The van der Waals surface area contributed by atoms with E-state index in [1.165, 1.54) is 30.0 Å². The Labute approximate surface area is 192 Å². The second kappa shape index (κ2) is 10.4. The van der Waals surface area contributed by atoms with Crippen LogP contribution in [0.4, 0.5) is 16.7 Å². The molecule has 11 heteroatoms. The third-order valence-corrected chi connectivity index (χ3v) is 6.14. The van der Waals surface area contributed by atoms with Crippen LogP contribution < -0.4 is 10.6 Å². The number of thioether (sulfide) groups is 1. The molecule has 3 aromatic rings. The van der Waals surface area contributed by atoms with E-state index < -0.39 is 11.9 Å². The Kier molecular flexibility index (Phi) is 7.65. The molecule has 1 aromatic carbocycles. The Balaban J connectivity index is 1.64. The lowest BCUT2D eigenvalue weighted by Gasteiger charge is -2.05. The number of hydrogen-bond donors (Lipinski definition) is 2. The number of amides is 1. The van der Waals surface area contributed by atoms with Crippen LogP contribution in [0.5, 0.6) is 0 Å². The maximum absolute atomic E-state index is 12.5. The van der Waals surface area contributed by atoms with Gasteiger partial charge in [0.15, 0.2) is 10.1 Å². The van der Waals surface area contributed by atoms with Gasteiger partial charge >= 0.3 is 5.97 Å². The van der Waals surface area contributed by atoms with E-state index in [2.05, 4.69) is 20.8 Å². The van der Waals surface area contributed by atoms with Crippen molar-refractivity contribution in [1.82, 2.24) is 10.2 Å². The molecule has 0 aliphatic carbocycles. The van der Waals surface area contributed by atoms with Crippen molar-refractivity contribution in [2.75, 3.05) is 23.0 Å². The van der Waals surface area contributed by atoms with Crippen molar-refractivity contribution in [3.05, 3.63) is 46.7 Å². The van der Waals surface area contributed by atoms with Crippen LogP contribution in [0.1, 0.15) is 45.9 Å². The molecule has 0 unspecified atom stereocenters. The van der Waals surface area contributed by atoms with Crippen LogP contribution in [-0.2, 0) is 9.53 Å². The molecule has 0 aliphatic rings.